The van der Waals surface area contributed by atoms with Crippen LogP contribution in [-0.2, 0) is 16.1 Å². The van der Waals surface area contributed by atoms with Crippen molar-refractivity contribution in [2.75, 3.05) is 13.7 Å². The molecule has 0 bridgehead atoms. The van der Waals surface area contributed by atoms with E-state index in [1.54, 1.807) is 6.07 Å². The Hall–Kier alpha value is -1.86. The molecular weight excluding hydrogens is 228 g/mol. The molecule has 1 aromatic rings. The van der Waals surface area contributed by atoms with Gasteiger partial charge in [-0.1, -0.05) is 19.1 Å². The third-order valence-electron chi connectivity index (χ3n) is 2.80. The molecule has 0 radical (unpaired) electrons. The maximum atomic E-state index is 11.4. The van der Waals surface area contributed by atoms with Crippen molar-refractivity contribution >= 4 is 5.97 Å². The Morgan fingerprint density at radius 3 is 2.94 bits per heavy atom. The van der Waals surface area contributed by atoms with E-state index in [2.05, 4.69) is 11.4 Å². The second-order valence-electron chi connectivity index (χ2n) is 4.07. The molecule has 0 fully saturated rings. The van der Waals surface area contributed by atoms with Crippen molar-refractivity contribution in [2.24, 2.45) is 5.92 Å². The third kappa shape index (κ3) is 4.19. The molecule has 0 saturated heterocycles. The zero-order valence-corrected chi connectivity index (χ0v) is 10.8. The van der Waals surface area contributed by atoms with Crippen LogP contribution < -0.4 is 5.32 Å². The monoisotopic (exact) mass is 246 g/mol. The summed E-state index contributed by atoms with van der Waals surface area (Å²) in [7, 11) is 1.40. The molecule has 4 nitrogen and oxygen atoms in total. The molecule has 1 N–H and O–H groups in total. The average Bonchev–Trinajstić information content (AvgIpc) is 2.43. The highest BCUT2D eigenvalue weighted by atomic mass is 16.5. The van der Waals surface area contributed by atoms with Crippen LogP contribution in [0.5, 0.6) is 0 Å². The number of carbonyl (C=O) groups excluding carboxylic acids is 1. The lowest BCUT2D eigenvalue weighted by molar-refractivity contribution is -0.145. The van der Waals surface area contributed by atoms with E-state index >= 15 is 0 Å². The largest absolute Gasteiger partial charge is 0.469 e. The van der Waals surface area contributed by atoms with Gasteiger partial charge in [0.05, 0.1) is 24.7 Å². The summed E-state index contributed by atoms with van der Waals surface area (Å²) in [5.41, 5.74) is 1.68. The Morgan fingerprint density at radius 2 is 2.33 bits per heavy atom. The lowest BCUT2D eigenvalue weighted by atomic mass is 10.1. The highest BCUT2D eigenvalue weighted by Crippen LogP contribution is 2.06. The first-order valence-electron chi connectivity index (χ1n) is 5.98. The van der Waals surface area contributed by atoms with Gasteiger partial charge in [-0.15, -0.1) is 0 Å². The molecule has 0 aliphatic carbocycles. The van der Waals surface area contributed by atoms with Crippen LogP contribution in [0.2, 0.25) is 0 Å². The Morgan fingerprint density at radius 1 is 1.56 bits per heavy atom. The highest BCUT2D eigenvalue weighted by molar-refractivity contribution is 5.72. The van der Waals surface area contributed by atoms with Gasteiger partial charge in [0.25, 0.3) is 0 Å². The molecule has 1 unspecified atom stereocenters. The summed E-state index contributed by atoms with van der Waals surface area (Å²) < 4.78 is 4.72. The molecule has 1 atom stereocenters. The fourth-order valence-corrected chi connectivity index (χ4v) is 1.70. The predicted molar refractivity (Wildman–Crippen MR) is 68.7 cm³/mol. The number of hydrogen-bond donors (Lipinski definition) is 1. The van der Waals surface area contributed by atoms with Gasteiger partial charge < -0.3 is 10.1 Å². The number of hydrogen-bond acceptors (Lipinski definition) is 4. The van der Waals surface area contributed by atoms with Crippen LogP contribution in [-0.4, -0.2) is 19.6 Å². The first kappa shape index (κ1) is 14.2. The van der Waals surface area contributed by atoms with Crippen molar-refractivity contribution in [3.63, 3.8) is 0 Å². The number of nitrogens with zero attached hydrogens (tertiary/aromatic N) is 1. The van der Waals surface area contributed by atoms with E-state index in [0.29, 0.717) is 18.7 Å². The first-order chi connectivity index (χ1) is 8.71. The van der Waals surface area contributed by atoms with Crippen molar-refractivity contribution in [1.29, 1.82) is 5.26 Å². The van der Waals surface area contributed by atoms with Crippen molar-refractivity contribution in [1.82, 2.24) is 5.32 Å². The molecule has 0 aromatic heterocycles. The smallest absolute Gasteiger partial charge is 0.309 e. The van der Waals surface area contributed by atoms with Crippen molar-refractivity contribution in [3.8, 4) is 6.07 Å². The van der Waals surface area contributed by atoms with E-state index in [9.17, 15) is 4.79 Å². The molecule has 1 aromatic carbocycles. The summed E-state index contributed by atoms with van der Waals surface area (Å²) in [4.78, 5) is 11.4. The summed E-state index contributed by atoms with van der Waals surface area (Å²) in [5.74, 6) is -0.301. The van der Waals surface area contributed by atoms with Gasteiger partial charge in [-0.2, -0.15) is 5.26 Å². The van der Waals surface area contributed by atoms with Crippen LogP contribution in [0.15, 0.2) is 24.3 Å². The molecule has 4 heteroatoms. The molecule has 0 spiro atoms. The van der Waals surface area contributed by atoms with E-state index < -0.39 is 0 Å². The minimum atomic E-state index is -0.184. The van der Waals surface area contributed by atoms with Gasteiger partial charge in [-0.25, -0.2) is 0 Å². The van der Waals surface area contributed by atoms with Gasteiger partial charge in [0.2, 0.25) is 0 Å². The second kappa shape index (κ2) is 7.46. The summed E-state index contributed by atoms with van der Waals surface area (Å²) in [5, 5.41) is 12.0. The van der Waals surface area contributed by atoms with Gasteiger partial charge in [0.1, 0.15) is 0 Å². The van der Waals surface area contributed by atoms with E-state index in [1.165, 1.54) is 7.11 Å². The number of carbonyl (C=O) groups is 1. The Balaban J connectivity index is 2.45. The molecule has 0 amide bonds. The van der Waals surface area contributed by atoms with Crippen molar-refractivity contribution in [3.05, 3.63) is 35.4 Å². The van der Waals surface area contributed by atoms with Crippen molar-refractivity contribution < 1.29 is 9.53 Å². The topological polar surface area (TPSA) is 62.1 Å². The van der Waals surface area contributed by atoms with Gasteiger partial charge in [0, 0.05) is 13.1 Å². The fourth-order valence-electron chi connectivity index (χ4n) is 1.70. The number of rotatable bonds is 6. The van der Waals surface area contributed by atoms with Crippen molar-refractivity contribution in [2.45, 2.75) is 19.9 Å². The number of ether oxygens (including phenoxy) is 1. The van der Waals surface area contributed by atoms with Crippen LogP contribution in [0.3, 0.4) is 0 Å². The number of methoxy groups -OCH3 is 1. The molecule has 0 saturated carbocycles. The van der Waals surface area contributed by atoms with Gasteiger partial charge >= 0.3 is 5.97 Å². The normalized spacial score (nSPS) is 11.6. The quantitative estimate of drug-likeness (QED) is 0.778. The molecular formula is C14H18N2O2. The van der Waals surface area contributed by atoms with Crippen LogP contribution in [0.25, 0.3) is 0 Å². The van der Waals surface area contributed by atoms with E-state index in [4.69, 9.17) is 10.00 Å². The van der Waals surface area contributed by atoms with E-state index in [-0.39, 0.29) is 11.9 Å². The number of nitriles is 1. The second-order valence-corrected chi connectivity index (χ2v) is 4.07. The Bertz CT molecular complexity index is 438. The molecule has 0 aliphatic heterocycles. The maximum Gasteiger partial charge on any atom is 0.309 e. The molecule has 0 heterocycles. The molecule has 96 valence electrons. The summed E-state index contributed by atoms with van der Waals surface area (Å²) in [6.45, 7) is 3.18. The minimum absolute atomic E-state index is 0.117. The van der Waals surface area contributed by atoms with Crippen LogP contribution in [0, 0.1) is 17.2 Å². The minimum Gasteiger partial charge on any atom is -0.469 e. The lowest BCUT2D eigenvalue weighted by Gasteiger charge is -2.13. The highest BCUT2D eigenvalue weighted by Gasteiger charge is 2.15. The van der Waals surface area contributed by atoms with Gasteiger partial charge in [-0.3, -0.25) is 4.79 Å². The summed E-state index contributed by atoms with van der Waals surface area (Å²) >= 11 is 0. The van der Waals surface area contributed by atoms with Crippen LogP contribution >= 0.6 is 0 Å². The molecule has 1 rings (SSSR count). The zero-order chi connectivity index (χ0) is 13.4. The summed E-state index contributed by atoms with van der Waals surface area (Å²) in [6, 6.07) is 9.52. The number of esters is 1. The summed E-state index contributed by atoms with van der Waals surface area (Å²) in [6.07, 6.45) is 0.748. The average molecular weight is 246 g/mol. The third-order valence-corrected chi connectivity index (χ3v) is 2.80. The Labute approximate surface area is 108 Å². The standard InChI is InChI=1S/C14H18N2O2/c1-3-13(14(17)18-2)10-16-9-12-6-4-5-11(7-12)8-15/h4-7,13,16H,3,9-10H2,1-2H3. The first-order valence-corrected chi connectivity index (χ1v) is 5.98. The molecule has 0 aliphatic rings. The van der Waals surface area contributed by atoms with Gasteiger partial charge in [-0.05, 0) is 24.1 Å². The van der Waals surface area contributed by atoms with E-state index in [1.807, 2.05) is 25.1 Å². The molecule has 18 heavy (non-hydrogen) atoms. The Kier molecular flexibility index (Phi) is 5.89. The maximum absolute atomic E-state index is 11.4. The number of nitrogens with one attached hydrogen (secondary N) is 1. The predicted octanol–water partition coefficient (Wildman–Crippen LogP) is 1.85. The van der Waals surface area contributed by atoms with Gasteiger partial charge in [0.15, 0.2) is 0 Å². The fraction of sp³-hybridized carbons (Fsp3) is 0.429. The number of benzene rings is 1. The van der Waals surface area contributed by atoms with Crippen LogP contribution in [0.4, 0.5) is 0 Å². The zero-order valence-electron chi connectivity index (χ0n) is 10.8. The lowest BCUT2D eigenvalue weighted by Crippen LogP contribution is -2.28. The SMILES string of the molecule is CCC(CNCc1cccc(C#N)c1)C(=O)OC. The van der Waals surface area contributed by atoms with E-state index in [0.717, 1.165) is 12.0 Å². The van der Waals surface area contributed by atoms with Crippen LogP contribution in [0.1, 0.15) is 24.5 Å².